The van der Waals surface area contributed by atoms with Crippen LogP contribution in [0, 0.1) is 0 Å². The molecule has 1 saturated heterocycles. The van der Waals surface area contributed by atoms with Gasteiger partial charge in [-0.05, 0) is 13.5 Å². The monoisotopic (exact) mass is 325 g/mol. The zero-order valence-corrected chi connectivity index (χ0v) is 13.8. The van der Waals surface area contributed by atoms with E-state index in [0.717, 1.165) is 51.5 Å². The van der Waals surface area contributed by atoms with Gasteiger partial charge in [0.05, 0.1) is 26.0 Å². The standard InChI is InChI=1S/C16H27N3O4/c1-17(5-8-20)12-14-11-15(21)16(22)13-19(14)4-2-3-18-6-9-23-10-7-18/h11,13,20,22H,2-10,12H2,1H3. The second kappa shape index (κ2) is 9.02. The van der Waals surface area contributed by atoms with E-state index in [4.69, 9.17) is 9.84 Å². The zero-order valence-electron chi connectivity index (χ0n) is 13.8. The minimum atomic E-state index is -0.359. The normalized spacial score (nSPS) is 16.1. The van der Waals surface area contributed by atoms with E-state index in [-0.39, 0.29) is 17.8 Å². The van der Waals surface area contributed by atoms with Gasteiger partial charge in [-0.2, -0.15) is 0 Å². The van der Waals surface area contributed by atoms with Crippen molar-refractivity contribution in [2.75, 3.05) is 53.0 Å². The van der Waals surface area contributed by atoms with Crippen molar-refractivity contribution in [1.29, 1.82) is 0 Å². The highest BCUT2D eigenvalue weighted by molar-refractivity contribution is 5.20. The molecule has 0 aliphatic carbocycles. The number of aromatic hydroxyl groups is 1. The summed E-state index contributed by atoms with van der Waals surface area (Å²) in [6.45, 7) is 6.40. The Kier molecular flexibility index (Phi) is 7.04. The van der Waals surface area contributed by atoms with Crippen molar-refractivity contribution in [1.82, 2.24) is 14.4 Å². The summed E-state index contributed by atoms with van der Waals surface area (Å²) in [6, 6.07) is 1.48. The van der Waals surface area contributed by atoms with Crippen molar-refractivity contribution in [2.24, 2.45) is 0 Å². The van der Waals surface area contributed by atoms with Crippen LogP contribution in [0.5, 0.6) is 5.75 Å². The quantitative estimate of drug-likeness (QED) is 0.683. The van der Waals surface area contributed by atoms with E-state index in [1.807, 2.05) is 16.5 Å². The Bertz CT molecular complexity index is 541. The molecule has 1 aromatic heterocycles. The number of morpholine rings is 1. The fourth-order valence-corrected chi connectivity index (χ4v) is 2.76. The molecule has 1 aliphatic rings. The van der Waals surface area contributed by atoms with E-state index >= 15 is 0 Å². The number of aliphatic hydroxyl groups is 1. The number of hydrogen-bond acceptors (Lipinski definition) is 6. The van der Waals surface area contributed by atoms with Crippen LogP contribution in [-0.4, -0.2) is 77.6 Å². The predicted octanol–water partition coefficient (Wildman–Crippen LogP) is -0.300. The summed E-state index contributed by atoms with van der Waals surface area (Å²) in [4.78, 5) is 16.0. The lowest BCUT2D eigenvalue weighted by atomic mass is 10.2. The number of pyridine rings is 1. The molecule has 0 aromatic carbocycles. The SMILES string of the molecule is CN(CCO)Cc1cc(=O)c(O)cn1CCCN1CCOCC1. The number of hydrogen-bond donors (Lipinski definition) is 2. The second-order valence-electron chi connectivity index (χ2n) is 5.98. The molecule has 2 heterocycles. The van der Waals surface area contributed by atoms with Crippen LogP contribution in [0.15, 0.2) is 17.1 Å². The largest absolute Gasteiger partial charge is 0.503 e. The molecular weight excluding hydrogens is 298 g/mol. The van der Waals surface area contributed by atoms with Gasteiger partial charge in [-0.3, -0.25) is 14.6 Å². The van der Waals surface area contributed by atoms with Crippen LogP contribution in [0.25, 0.3) is 0 Å². The van der Waals surface area contributed by atoms with E-state index in [1.54, 1.807) is 0 Å². The molecule has 23 heavy (non-hydrogen) atoms. The molecule has 0 spiro atoms. The van der Waals surface area contributed by atoms with Crippen molar-refractivity contribution in [2.45, 2.75) is 19.5 Å². The smallest absolute Gasteiger partial charge is 0.223 e. The number of nitrogens with zero attached hydrogens (tertiary/aromatic N) is 3. The Morgan fingerprint density at radius 1 is 1.30 bits per heavy atom. The summed E-state index contributed by atoms with van der Waals surface area (Å²) in [5, 5.41) is 18.7. The summed E-state index contributed by atoms with van der Waals surface area (Å²) < 4.78 is 7.27. The van der Waals surface area contributed by atoms with Crippen LogP contribution >= 0.6 is 0 Å². The minimum Gasteiger partial charge on any atom is -0.503 e. The first-order valence-electron chi connectivity index (χ1n) is 8.12. The molecular formula is C16H27N3O4. The summed E-state index contributed by atoms with van der Waals surface area (Å²) >= 11 is 0. The summed E-state index contributed by atoms with van der Waals surface area (Å²) in [5.41, 5.74) is 0.493. The third kappa shape index (κ3) is 5.62. The van der Waals surface area contributed by atoms with Crippen LogP contribution in [-0.2, 0) is 17.8 Å². The fraction of sp³-hybridized carbons (Fsp3) is 0.688. The highest BCUT2D eigenvalue weighted by Gasteiger charge is 2.11. The number of aromatic nitrogens is 1. The summed E-state index contributed by atoms with van der Waals surface area (Å²) in [5.74, 6) is -0.218. The van der Waals surface area contributed by atoms with Gasteiger partial charge in [-0.1, -0.05) is 0 Å². The first-order chi connectivity index (χ1) is 11.1. The fourth-order valence-electron chi connectivity index (χ4n) is 2.76. The summed E-state index contributed by atoms with van der Waals surface area (Å²) in [6.07, 6.45) is 2.46. The maximum atomic E-state index is 11.7. The zero-order chi connectivity index (χ0) is 16.7. The van der Waals surface area contributed by atoms with Gasteiger partial charge < -0.3 is 19.5 Å². The molecule has 2 N–H and O–H groups in total. The molecule has 7 heteroatoms. The number of ether oxygens (including phenoxy) is 1. The molecule has 130 valence electrons. The van der Waals surface area contributed by atoms with Crippen LogP contribution in [0.4, 0.5) is 0 Å². The molecule has 1 aromatic rings. The van der Waals surface area contributed by atoms with Gasteiger partial charge in [0.25, 0.3) is 0 Å². The predicted molar refractivity (Wildman–Crippen MR) is 87.7 cm³/mol. The van der Waals surface area contributed by atoms with E-state index in [0.29, 0.717) is 13.1 Å². The Balaban J connectivity index is 1.97. The van der Waals surface area contributed by atoms with Gasteiger partial charge in [-0.15, -0.1) is 0 Å². The molecule has 2 rings (SSSR count). The molecule has 0 radical (unpaired) electrons. The van der Waals surface area contributed by atoms with Gasteiger partial charge >= 0.3 is 0 Å². The maximum Gasteiger partial charge on any atom is 0.223 e. The van der Waals surface area contributed by atoms with Crippen molar-refractivity contribution in [3.63, 3.8) is 0 Å². The number of likely N-dealkylation sites (N-methyl/N-ethyl adjacent to an activating group) is 1. The number of aryl methyl sites for hydroxylation is 1. The maximum absolute atomic E-state index is 11.7. The average molecular weight is 325 g/mol. The van der Waals surface area contributed by atoms with Gasteiger partial charge in [-0.25, -0.2) is 0 Å². The third-order valence-electron chi connectivity index (χ3n) is 4.09. The topological polar surface area (TPSA) is 78.2 Å². The van der Waals surface area contributed by atoms with Gasteiger partial charge in [0.2, 0.25) is 5.43 Å². The molecule has 0 amide bonds. The molecule has 7 nitrogen and oxygen atoms in total. The molecule has 0 saturated carbocycles. The lowest BCUT2D eigenvalue weighted by Crippen LogP contribution is -2.37. The third-order valence-corrected chi connectivity index (χ3v) is 4.09. The molecule has 1 aliphatic heterocycles. The Morgan fingerprint density at radius 3 is 2.74 bits per heavy atom. The second-order valence-corrected chi connectivity index (χ2v) is 5.98. The molecule has 0 atom stereocenters. The average Bonchev–Trinajstić information content (AvgIpc) is 2.53. The minimum absolute atomic E-state index is 0.0792. The first kappa shape index (κ1) is 17.9. The Hall–Kier alpha value is -1.41. The lowest BCUT2D eigenvalue weighted by Gasteiger charge is -2.27. The van der Waals surface area contributed by atoms with Crippen LogP contribution in [0.1, 0.15) is 12.1 Å². The number of aliphatic hydroxyl groups excluding tert-OH is 1. The van der Waals surface area contributed by atoms with E-state index < -0.39 is 0 Å². The van der Waals surface area contributed by atoms with E-state index in [1.165, 1.54) is 12.3 Å². The Morgan fingerprint density at radius 2 is 2.04 bits per heavy atom. The Labute approximate surface area is 136 Å². The highest BCUT2D eigenvalue weighted by atomic mass is 16.5. The van der Waals surface area contributed by atoms with E-state index in [2.05, 4.69) is 4.90 Å². The highest BCUT2D eigenvalue weighted by Crippen LogP contribution is 2.09. The van der Waals surface area contributed by atoms with Crippen molar-refractivity contribution in [3.8, 4) is 5.75 Å². The van der Waals surface area contributed by atoms with Crippen LogP contribution < -0.4 is 5.43 Å². The van der Waals surface area contributed by atoms with Crippen molar-refractivity contribution >= 4 is 0 Å². The van der Waals surface area contributed by atoms with E-state index in [9.17, 15) is 9.90 Å². The van der Waals surface area contributed by atoms with Gasteiger partial charge in [0.1, 0.15) is 0 Å². The van der Waals surface area contributed by atoms with Crippen molar-refractivity contribution in [3.05, 3.63) is 28.2 Å². The number of rotatable bonds is 8. The lowest BCUT2D eigenvalue weighted by molar-refractivity contribution is 0.0369. The van der Waals surface area contributed by atoms with Crippen LogP contribution in [0.3, 0.4) is 0 Å². The molecule has 0 bridgehead atoms. The van der Waals surface area contributed by atoms with Crippen LogP contribution in [0.2, 0.25) is 0 Å². The first-order valence-corrected chi connectivity index (χ1v) is 8.12. The molecule has 0 unspecified atom stereocenters. The van der Waals surface area contributed by atoms with Crippen molar-refractivity contribution < 1.29 is 14.9 Å². The van der Waals surface area contributed by atoms with Gasteiger partial charge in [0, 0.05) is 51.0 Å². The van der Waals surface area contributed by atoms with Gasteiger partial charge in [0.15, 0.2) is 5.75 Å². The molecule has 1 fully saturated rings. The summed E-state index contributed by atoms with van der Waals surface area (Å²) in [7, 11) is 1.89.